The SMILES string of the molecule is CC(C)(C)c1ccc(Oc2ccn3ncnc3c2)c(Cl)c1. The van der Waals surface area contributed by atoms with Gasteiger partial charge in [-0.1, -0.05) is 38.4 Å². The van der Waals surface area contributed by atoms with E-state index in [1.807, 2.05) is 30.3 Å². The minimum absolute atomic E-state index is 0.0581. The maximum atomic E-state index is 6.32. The van der Waals surface area contributed by atoms with Crippen molar-refractivity contribution in [1.29, 1.82) is 0 Å². The molecule has 108 valence electrons. The Morgan fingerprint density at radius 3 is 2.67 bits per heavy atom. The molecule has 0 amide bonds. The lowest BCUT2D eigenvalue weighted by atomic mass is 9.87. The number of hydrogen-bond acceptors (Lipinski definition) is 3. The van der Waals surface area contributed by atoms with Gasteiger partial charge in [-0.15, -0.1) is 0 Å². The maximum Gasteiger partial charge on any atom is 0.158 e. The predicted molar refractivity (Wildman–Crippen MR) is 83.2 cm³/mol. The van der Waals surface area contributed by atoms with Crippen LogP contribution >= 0.6 is 11.6 Å². The van der Waals surface area contributed by atoms with Gasteiger partial charge in [0.05, 0.1) is 5.02 Å². The lowest BCUT2D eigenvalue weighted by molar-refractivity contribution is 0.481. The number of rotatable bonds is 2. The van der Waals surface area contributed by atoms with Crippen molar-refractivity contribution in [2.24, 2.45) is 0 Å². The fourth-order valence-corrected chi connectivity index (χ4v) is 2.26. The van der Waals surface area contributed by atoms with Crippen LogP contribution in [0, 0.1) is 0 Å². The molecule has 4 nitrogen and oxygen atoms in total. The van der Waals surface area contributed by atoms with Gasteiger partial charge in [0, 0.05) is 12.3 Å². The van der Waals surface area contributed by atoms with E-state index in [0.29, 0.717) is 16.5 Å². The normalized spacial score (nSPS) is 11.8. The molecular formula is C16H16ClN3O. The second kappa shape index (κ2) is 5.04. The van der Waals surface area contributed by atoms with Gasteiger partial charge in [-0.25, -0.2) is 9.50 Å². The third-order valence-electron chi connectivity index (χ3n) is 3.28. The summed E-state index contributed by atoms with van der Waals surface area (Å²) in [5, 5.41) is 4.65. The molecular weight excluding hydrogens is 286 g/mol. The molecule has 0 N–H and O–H groups in total. The zero-order valence-electron chi connectivity index (χ0n) is 12.2. The smallest absolute Gasteiger partial charge is 0.158 e. The third kappa shape index (κ3) is 2.85. The van der Waals surface area contributed by atoms with Crippen molar-refractivity contribution in [2.45, 2.75) is 26.2 Å². The van der Waals surface area contributed by atoms with E-state index < -0.39 is 0 Å². The molecule has 3 rings (SSSR count). The number of ether oxygens (including phenoxy) is 1. The summed E-state index contributed by atoms with van der Waals surface area (Å²) in [6.45, 7) is 6.45. The Labute approximate surface area is 128 Å². The molecule has 0 aliphatic rings. The summed E-state index contributed by atoms with van der Waals surface area (Å²) >= 11 is 6.32. The molecule has 2 aromatic heterocycles. The number of hydrogen-bond donors (Lipinski definition) is 0. The van der Waals surface area contributed by atoms with Gasteiger partial charge in [0.1, 0.15) is 17.8 Å². The second-order valence-corrected chi connectivity index (χ2v) is 6.33. The van der Waals surface area contributed by atoms with E-state index in [2.05, 4.69) is 30.9 Å². The summed E-state index contributed by atoms with van der Waals surface area (Å²) in [5.41, 5.74) is 1.96. The van der Waals surface area contributed by atoms with Crippen LogP contribution in [0.25, 0.3) is 5.65 Å². The molecule has 0 bridgehead atoms. The highest BCUT2D eigenvalue weighted by atomic mass is 35.5. The highest BCUT2D eigenvalue weighted by molar-refractivity contribution is 6.32. The average molecular weight is 302 g/mol. The first-order valence-electron chi connectivity index (χ1n) is 6.71. The standard InChI is InChI=1S/C16H16ClN3O/c1-16(2,3)11-4-5-14(13(17)8-11)21-12-6-7-20-15(9-12)18-10-19-20/h4-10H,1-3H3. The first kappa shape index (κ1) is 13.9. The van der Waals surface area contributed by atoms with Crippen LogP contribution in [0.4, 0.5) is 0 Å². The van der Waals surface area contributed by atoms with Crippen molar-refractivity contribution < 1.29 is 4.74 Å². The van der Waals surface area contributed by atoms with Crippen LogP contribution in [0.2, 0.25) is 5.02 Å². The molecule has 0 atom stereocenters. The van der Waals surface area contributed by atoms with E-state index in [-0.39, 0.29) is 5.41 Å². The van der Waals surface area contributed by atoms with Crippen molar-refractivity contribution in [3.63, 3.8) is 0 Å². The molecule has 0 radical (unpaired) electrons. The molecule has 0 unspecified atom stereocenters. The van der Waals surface area contributed by atoms with Gasteiger partial charge in [-0.05, 0) is 29.2 Å². The van der Waals surface area contributed by atoms with Crippen LogP contribution in [0.5, 0.6) is 11.5 Å². The highest BCUT2D eigenvalue weighted by Gasteiger charge is 2.15. The van der Waals surface area contributed by atoms with E-state index in [9.17, 15) is 0 Å². The Kier molecular flexibility index (Phi) is 3.33. The number of benzene rings is 1. The number of nitrogens with zero attached hydrogens (tertiary/aromatic N) is 3. The molecule has 21 heavy (non-hydrogen) atoms. The molecule has 0 aliphatic carbocycles. The van der Waals surface area contributed by atoms with Gasteiger partial charge in [0.25, 0.3) is 0 Å². The van der Waals surface area contributed by atoms with Crippen LogP contribution in [0.3, 0.4) is 0 Å². The first-order chi connectivity index (χ1) is 9.93. The molecule has 5 heteroatoms. The lowest BCUT2D eigenvalue weighted by Gasteiger charge is -2.20. The van der Waals surface area contributed by atoms with Crippen LogP contribution in [0.15, 0.2) is 42.9 Å². The minimum Gasteiger partial charge on any atom is -0.456 e. The van der Waals surface area contributed by atoms with E-state index in [4.69, 9.17) is 16.3 Å². The summed E-state index contributed by atoms with van der Waals surface area (Å²) in [7, 11) is 0. The van der Waals surface area contributed by atoms with Crippen LogP contribution in [0.1, 0.15) is 26.3 Å². The molecule has 2 heterocycles. The molecule has 0 aliphatic heterocycles. The van der Waals surface area contributed by atoms with E-state index in [1.165, 1.54) is 11.9 Å². The summed E-state index contributed by atoms with van der Waals surface area (Å²) in [6, 6.07) is 9.54. The van der Waals surface area contributed by atoms with Gasteiger partial charge < -0.3 is 4.74 Å². The molecule has 3 aromatic rings. The van der Waals surface area contributed by atoms with E-state index >= 15 is 0 Å². The van der Waals surface area contributed by atoms with Gasteiger partial charge in [0.15, 0.2) is 5.65 Å². The summed E-state index contributed by atoms with van der Waals surface area (Å²) in [5.74, 6) is 1.31. The number of pyridine rings is 1. The van der Waals surface area contributed by atoms with Crippen molar-refractivity contribution in [3.8, 4) is 11.5 Å². The zero-order chi connectivity index (χ0) is 15.0. The highest BCUT2D eigenvalue weighted by Crippen LogP contribution is 2.33. The summed E-state index contributed by atoms with van der Waals surface area (Å²) in [4.78, 5) is 4.13. The Bertz CT molecular complexity index is 790. The quantitative estimate of drug-likeness (QED) is 0.701. The summed E-state index contributed by atoms with van der Waals surface area (Å²) in [6.07, 6.45) is 3.30. The van der Waals surface area contributed by atoms with Crippen molar-refractivity contribution >= 4 is 17.2 Å². The fourth-order valence-electron chi connectivity index (χ4n) is 2.04. The minimum atomic E-state index is 0.0581. The Morgan fingerprint density at radius 1 is 1.14 bits per heavy atom. The Hall–Kier alpha value is -2.07. The van der Waals surface area contributed by atoms with Crippen molar-refractivity contribution in [1.82, 2.24) is 14.6 Å². The summed E-state index contributed by atoms with van der Waals surface area (Å²) < 4.78 is 7.52. The monoisotopic (exact) mass is 301 g/mol. The van der Waals surface area contributed by atoms with Crippen molar-refractivity contribution in [3.05, 3.63) is 53.4 Å². The van der Waals surface area contributed by atoms with Gasteiger partial charge in [-0.3, -0.25) is 0 Å². The number of fused-ring (bicyclic) bond motifs is 1. The lowest BCUT2D eigenvalue weighted by Crippen LogP contribution is -2.10. The predicted octanol–water partition coefficient (Wildman–Crippen LogP) is 4.47. The van der Waals surface area contributed by atoms with Crippen LogP contribution in [-0.2, 0) is 5.41 Å². The van der Waals surface area contributed by atoms with Crippen LogP contribution in [-0.4, -0.2) is 14.6 Å². The van der Waals surface area contributed by atoms with Gasteiger partial charge >= 0.3 is 0 Å². The Morgan fingerprint density at radius 2 is 1.95 bits per heavy atom. The van der Waals surface area contributed by atoms with Crippen LogP contribution < -0.4 is 4.74 Å². The molecule has 0 saturated carbocycles. The second-order valence-electron chi connectivity index (χ2n) is 5.92. The fraction of sp³-hybridized carbons (Fsp3) is 0.250. The van der Waals surface area contributed by atoms with Crippen molar-refractivity contribution in [2.75, 3.05) is 0 Å². The topological polar surface area (TPSA) is 39.4 Å². The molecule has 1 aromatic carbocycles. The van der Waals surface area contributed by atoms with E-state index in [1.54, 1.807) is 10.7 Å². The maximum absolute atomic E-state index is 6.32. The number of aromatic nitrogens is 3. The van der Waals surface area contributed by atoms with Gasteiger partial charge in [-0.2, -0.15) is 5.10 Å². The Balaban J connectivity index is 1.90. The largest absolute Gasteiger partial charge is 0.456 e. The molecule has 0 spiro atoms. The molecule has 0 fully saturated rings. The zero-order valence-corrected chi connectivity index (χ0v) is 12.9. The molecule has 0 saturated heterocycles. The number of halogens is 1. The average Bonchev–Trinajstić information content (AvgIpc) is 2.87. The first-order valence-corrected chi connectivity index (χ1v) is 7.08. The van der Waals surface area contributed by atoms with Gasteiger partial charge in [0.2, 0.25) is 0 Å². The third-order valence-corrected chi connectivity index (χ3v) is 3.57. The van der Waals surface area contributed by atoms with E-state index in [0.717, 1.165) is 5.65 Å².